The maximum atomic E-state index is 6.19. The van der Waals surface area contributed by atoms with Gasteiger partial charge in [-0.05, 0) is 31.0 Å². The fourth-order valence-electron chi connectivity index (χ4n) is 1.78. The minimum absolute atomic E-state index is 0.252. The molecule has 4 heteroatoms. The third-order valence-corrected chi connectivity index (χ3v) is 2.95. The molecular weight excluding hydrogens is 226 g/mol. The predicted molar refractivity (Wildman–Crippen MR) is 66.6 cm³/mol. The number of hydrogen-bond acceptors (Lipinski definition) is 3. The lowest BCUT2D eigenvalue weighted by atomic mass is 9.96. The molecule has 0 aliphatic rings. The molecule has 0 aromatic heterocycles. The van der Waals surface area contributed by atoms with Crippen LogP contribution in [-0.2, 0) is 0 Å². The van der Waals surface area contributed by atoms with Gasteiger partial charge in [-0.1, -0.05) is 18.5 Å². The zero-order chi connectivity index (χ0) is 12.1. The Morgan fingerprint density at radius 3 is 2.50 bits per heavy atom. The first-order chi connectivity index (χ1) is 7.65. The monoisotopic (exact) mass is 243 g/mol. The summed E-state index contributed by atoms with van der Waals surface area (Å²) in [5, 5.41) is 0.693. The van der Waals surface area contributed by atoms with E-state index < -0.39 is 0 Å². The molecule has 0 spiro atoms. The van der Waals surface area contributed by atoms with Gasteiger partial charge in [0.1, 0.15) is 0 Å². The zero-order valence-electron chi connectivity index (χ0n) is 9.92. The molecule has 0 bridgehead atoms. The van der Waals surface area contributed by atoms with E-state index >= 15 is 0 Å². The first-order valence-corrected chi connectivity index (χ1v) is 5.63. The van der Waals surface area contributed by atoms with Crippen molar-refractivity contribution in [1.29, 1.82) is 0 Å². The highest BCUT2D eigenvalue weighted by Crippen LogP contribution is 2.41. The van der Waals surface area contributed by atoms with Gasteiger partial charge in [-0.2, -0.15) is 0 Å². The van der Waals surface area contributed by atoms with E-state index in [0.717, 1.165) is 12.0 Å². The van der Waals surface area contributed by atoms with Crippen LogP contribution in [0.5, 0.6) is 11.5 Å². The molecule has 1 aromatic rings. The highest BCUT2D eigenvalue weighted by atomic mass is 35.5. The molecule has 0 amide bonds. The second-order valence-corrected chi connectivity index (χ2v) is 4.08. The number of benzene rings is 1. The molecule has 1 rings (SSSR count). The quantitative estimate of drug-likeness (QED) is 0.865. The Labute approximate surface area is 101 Å². The Bertz CT molecular complexity index is 355. The van der Waals surface area contributed by atoms with Crippen LogP contribution < -0.4 is 15.2 Å². The van der Waals surface area contributed by atoms with Crippen LogP contribution in [0.1, 0.15) is 24.8 Å². The van der Waals surface area contributed by atoms with E-state index in [1.165, 1.54) is 0 Å². The maximum Gasteiger partial charge on any atom is 0.165 e. The van der Waals surface area contributed by atoms with Crippen molar-refractivity contribution in [3.63, 3.8) is 0 Å². The van der Waals surface area contributed by atoms with Crippen molar-refractivity contribution in [3.8, 4) is 11.5 Å². The van der Waals surface area contributed by atoms with Gasteiger partial charge in [0.25, 0.3) is 0 Å². The van der Waals surface area contributed by atoms with Gasteiger partial charge in [-0.3, -0.25) is 0 Å². The Morgan fingerprint density at radius 2 is 2.00 bits per heavy atom. The lowest BCUT2D eigenvalue weighted by Crippen LogP contribution is -2.07. The summed E-state index contributed by atoms with van der Waals surface area (Å²) < 4.78 is 10.6. The Morgan fingerprint density at radius 1 is 1.31 bits per heavy atom. The van der Waals surface area contributed by atoms with Crippen molar-refractivity contribution in [3.05, 3.63) is 22.7 Å². The molecule has 1 aromatic carbocycles. The summed E-state index contributed by atoms with van der Waals surface area (Å²) >= 11 is 6.19. The third-order valence-electron chi connectivity index (χ3n) is 2.62. The molecule has 3 nitrogen and oxygen atoms in total. The van der Waals surface area contributed by atoms with Gasteiger partial charge in [0.05, 0.1) is 14.2 Å². The Kier molecular flexibility index (Phi) is 4.90. The van der Waals surface area contributed by atoms with Crippen LogP contribution in [0.3, 0.4) is 0 Å². The first kappa shape index (κ1) is 13.1. The molecule has 1 unspecified atom stereocenters. The number of halogens is 1. The Hall–Kier alpha value is -0.930. The maximum absolute atomic E-state index is 6.19. The van der Waals surface area contributed by atoms with Crippen LogP contribution in [0, 0.1) is 0 Å². The molecule has 2 N–H and O–H groups in total. The van der Waals surface area contributed by atoms with Crippen molar-refractivity contribution in [1.82, 2.24) is 0 Å². The third kappa shape index (κ3) is 2.60. The van der Waals surface area contributed by atoms with Crippen LogP contribution in [-0.4, -0.2) is 20.8 Å². The molecule has 16 heavy (non-hydrogen) atoms. The number of nitrogens with two attached hydrogens (primary N) is 1. The highest BCUT2D eigenvalue weighted by molar-refractivity contribution is 6.31. The summed E-state index contributed by atoms with van der Waals surface area (Å²) in [4.78, 5) is 0. The molecule has 0 heterocycles. The van der Waals surface area contributed by atoms with Gasteiger partial charge < -0.3 is 15.2 Å². The van der Waals surface area contributed by atoms with E-state index in [-0.39, 0.29) is 5.92 Å². The second kappa shape index (κ2) is 5.97. The number of hydrogen-bond donors (Lipinski definition) is 1. The van der Waals surface area contributed by atoms with Crippen LogP contribution in [0.4, 0.5) is 0 Å². The van der Waals surface area contributed by atoms with Crippen LogP contribution in [0.15, 0.2) is 12.1 Å². The second-order valence-electron chi connectivity index (χ2n) is 3.67. The Balaban J connectivity index is 3.22. The molecule has 90 valence electrons. The first-order valence-electron chi connectivity index (χ1n) is 5.26. The van der Waals surface area contributed by atoms with E-state index in [2.05, 4.69) is 6.92 Å². The van der Waals surface area contributed by atoms with Gasteiger partial charge in [0, 0.05) is 10.6 Å². The number of ether oxygens (including phenoxy) is 2. The molecule has 0 aliphatic heterocycles. The molecule has 0 aliphatic carbocycles. The fraction of sp³-hybridized carbons (Fsp3) is 0.500. The average molecular weight is 244 g/mol. The summed E-state index contributed by atoms with van der Waals surface area (Å²) in [5.74, 6) is 1.66. The summed E-state index contributed by atoms with van der Waals surface area (Å²) in [5.41, 5.74) is 6.53. The lowest BCUT2D eigenvalue weighted by molar-refractivity contribution is 0.349. The van der Waals surface area contributed by atoms with E-state index in [1.807, 2.05) is 6.07 Å². The van der Waals surface area contributed by atoms with Crippen molar-refractivity contribution >= 4 is 11.6 Å². The van der Waals surface area contributed by atoms with E-state index in [1.54, 1.807) is 20.3 Å². The van der Waals surface area contributed by atoms with Crippen molar-refractivity contribution in [2.24, 2.45) is 5.73 Å². The molecule has 0 saturated carbocycles. The van der Waals surface area contributed by atoms with Crippen molar-refractivity contribution in [2.75, 3.05) is 20.8 Å². The lowest BCUT2D eigenvalue weighted by Gasteiger charge is -2.18. The molecular formula is C12H18ClNO2. The van der Waals surface area contributed by atoms with Crippen molar-refractivity contribution in [2.45, 2.75) is 19.3 Å². The molecule has 0 saturated heterocycles. The standard InChI is InChI=1S/C12H18ClNO2/c1-8(6-7-14)11-9(13)4-5-10(15-2)12(11)16-3/h4-5,8H,6-7,14H2,1-3H3. The largest absolute Gasteiger partial charge is 0.493 e. The number of rotatable bonds is 5. The highest BCUT2D eigenvalue weighted by Gasteiger charge is 2.18. The van der Waals surface area contributed by atoms with Gasteiger partial charge in [-0.25, -0.2) is 0 Å². The summed E-state index contributed by atoms with van der Waals surface area (Å²) in [7, 11) is 3.23. The smallest absolute Gasteiger partial charge is 0.165 e. The van der Waals surface area contributed by atoms with Crippen molar-refractivity contribution < 1.29 is 9.47 Å². The molecule has 0 fully saturated rings. The topological polar surface area (TPSA) is 44.5 Å². The van der Waals surface area contributed by atoms with Crippen LogP contribution in [0.25, 0.3) is 0 Å². The van der Waals surface area contributed by atoms with Crippen LogP contribution >= 0.6 is 11.6 Å². The van der Waals surface area contributed by atoms with Gasteiger partial charge in [0.2, 0.25) is 0 Å². The summed E-state index contributed by atoms with van der Waals surface area (Å²) in [6, 6.07) is 3.63. The minimum atomic E-state index is 0.252. The van der Waals surface area contributed by atoms with Crippen LogP contribution in [0.2, 0.25) is 5.02 Å². The number of methoxy groups -OCH3 is 2. The SMILES string of the molecule is COc1ccc(Cl)c(C(C)CCN)c1OC. The molecule has 1 atom stereocenters. The van der Waals surface area contributed by atoms with Gasteiger partial charge in [-0.15, -0.1) is 0 Å². The predicted octanol–water partition coefficient (Wildman–Crippen LogP) is 2.81. The zero-order valence-corrected chi connectivity index (χ0v) is 10.7. The van der Waals surface area contributed by atoms with E-state index in [0.29, 0.717) is 23.1 Å². The summed E-state index contributed by atoms with van der Waals surface area (Å²) in [6.07, 6.45) is 0.864. The van der Waals surface area contributed by atoms with Gasteiger partial charge >= 0.3 is 0 Å². The minimum Gasteiger partial charge on any atom is -0.493 e. The average Bonchev–Trinajstić information content (AvgIpc) is 2.28. The van der Waals surface area contributed by atoms with Gasteiger partial charge in [0.15, 0.2) is 11.5 Å². The van der Waals surface area contributed by atoms with E-state index in [4.69, 9.17) is 26.8 Å². The molecule has 0 radical (unpaired) electrons. The fourth-order valence-corrected chi connectivity index (χ4v) is 2.12. The van der Waals surface area contributed by atoms with E-state index in [9.17, 15) is 0 Å². The normalized spacial score (nSPS) is 12.3. The summed E-state index contributed by atoms with van der Waals surface area (Å²) in [6.45, 7) is 2.70.